The van der Waals surface area contributed by atoms with E-state index in [1.54, 1.807) is 17.0 Å². The summed E-state index contributed by atoms with van der Waals surface area (Å²) in [6.45, 7) is 5.94. The number of rotatable bonds is 9. The standard InChI is InChI=1S/C28H31BrN2O3/c1-28(2,3)30-27(33)25(18-21-10-6-4-7-11-21)31(19-22-14-16-23(29)17-15-22)26(32)20-34-24-12-8-5-9-13-24/h4-17,25H,18-20H2,1-3H3,(H,30,33). The van der Waals surface area contributed by atoms with Crippen molar-refractivity contribution in [3.05, 3.63) is 101 Å². The number of carbonyl (C=O) groups excluding carboxylic acids is 2. The van der Waals surface area contributed by atoms with E-state index in [9.17, 15) is 9.59 Å². The van der Waals surface area contributed by atoms with Crippen LogP contribution in [0, 0.1) is 0 Å². The maximum atomic E-state index is 13.5. The van der Waals surface area contributed by atoms with Crippen LogP contribution >= 0.6 is 15.9 Å². The molecule has 5 nitrogen and oxygen atoms in total. The molecule has 0 spiro atoms. The minimum Gasteiger partial charge on any atom is -0.484 e. The number of hydrogen-bond acceptors (Lipinski definition) is 3. The number of amides is 2. The summed E-state index contributed by atoms with van der Waals surface area (Å²) >= 11 is 3.46. The Balaban J connectivity index is 1.91. The predicted octanol–water partition coefficient (Wildman–Crippen LogP) is 5.38. The van der Waals surface area contributed by atoms with Crippen molar-refractivity contribution in [1.82, 2.24) is 10.2 Å². The smallest absolute Gasteiger partial charge is 0.261 e. The molecule has 0 aliphatic carbocycles. The first-order chi connectivity index (χ1) is 16.2. The molecule has 3 rings (SSSR count). The van der Waals surface area contributed by atoms with Gasteiger partial charge in [0.1, 0.15) is 11.8 Å². The second-order valence-electron chi connectivity index (χ2n) is 9.19. The largest absolute Gasteiger partial charge is 0.484 e. The van der Waals surface area contributed by atoms with Gasteiger partial charge in [-0.25, -0.2) is 0 Å². The van der Waals surface area contributed by atoms with Crippen LogP contribution < -0.4 is 10.1 Å². The van der Waals surface area contributed by atoms with E-state index in [1.165, 1.54) is 0 Å². The fourth-order valence-electron chi connectivity index (χ4n) is 3.54. The molecule has 0 bridgehead atoms. The number of para-hydroxylation sites is 1. The SMILES string of the molecule is CC(C)(C)NC(=O)C(Cc1ccccc1)N(Cc1ccc(Br)cc1)C(=O)COc1ccccc1. The molecule has 1 unspecified atom stereocenters. The molecule has 3 aromatic carbocycles. The maximum Gasteiger partial charge on any atom is 0.261 e. The Labute approximate surface area is 210 Å². The van der Waals surface area contributed by atoms with Crippen molar-refractivity contribution in [2.24, 2.45) is 0 Å². The van der Waals surface area contributed by atoms with E-state index in [4.69, 9.17) is 4.74 Å². The zero-order valence-corrected chi connectivity index (χ0v) is 21.4. The Morgan fingerprint density at radius 2 is 1.47 bits per heavy atom. The summed E-state index contributed by atoms with van der Waals surface area (Å²) in [5.41, 5.74) is 1.48. The minimum atomic E-state index is -0.697. The van der Waals surface area contributed by atoms with E-state index in [-0.39, 0.29) is 18.4 Å². The maximum absolute atomic E-state index is 13.5. The molecule has 0 aromatic heterocycles. The van der Waals surface area contributed by atoms with Gasteiger partial charge in [-0.15, -0.1) is 0 Å². The summed E-state index contributed by atoms with van der Waals surface area (Å²) in [7, 11) is 0. The van der Waals surface area contributed by atoms with Crippen molar-refractivity contribution < 1.29 is 14.3 Å². The lowest BCUT2D eigenvalue weighted by atomic mass is 10.0. The van der Waals surface area contributed by atoms with Crippen molar-refractivity contribution >= 4 is 27.7 Å². The summed E-state index contributed by atoms with van der Waals surface area (Å²) in [5.74, 6) is 0.163. The van der Waals surface area contributed by atoms with Crippen LogP contribution in [-0.4, -0.2) is 34.9 Å². The minimum absolute atomic E-state index is 0.158. The molecule has 3 aromatic rings. The van der Waals surface area contributed by atoms with Gasteiger partial charge in [-0.1, -0.05) is 76.6 Å². The molecule has 0 saturated carbocycles. The number of nitrogens with one attached hydrogen (secondary N) is 1. The van der Waals surface area contributed by atoms with E-state index >= 15 is 0 Å². The highest BCUT2D eigenvalue weighted by molar-refractivity contribution is 9.10. The quantitative estimate of drug-likeness (QED) is 0.410. The predicted molar refractivity (Wildman–Crippen MR) is 138 cm³/mol. The lowest BCUT2D eigenvalue weighted by Crippen LogP contribution is -2.55. The molecular weight excluding hydrogens is 492 g/mol. The van der Waals surface area contributed by atoms with Crippen molar-refractivity contribution in [2.45, 2.75) is 45.3 Å². The molecule has 178 valence electrons. The molecule has 2 amide bonds. The monoisotopic (exact) mass is 522 g/mol. The highest BCUT2D eigenvalue weighted by Gasteiger charge is 2.32. The van der Waals surface area contributed by atoms with Gasteiger partial charge in [0.25, 0.3) is 5.91 Å². The second-order valence-corrected chi connectivity index (χ2v) is 10.1. The molecule has 6 heteroatoms. The molecule has 1 N–H and O–H groups in total. The highest BCUT2D eigenvalue weighted by Crippen LogP contribution is 2.18. The first-order valence-electron chi connectivity index (χ1n) is 11.3. The van der Waals surface area contributed by atoms with Crippen LogP contribution in [0.1, 0.15) is 31.9 Å². The number of carbonyl (C=O) groups is 2. The topological polar surface area (TPSA) is 58.6 Å². The Bertz CT molecular complexity index is 1060. The average Bonchev–Trinajstić information content (AvgIpc) is 2.81. The molecule has 1 atom stereocenters. The third kappa shape index (κ3) is 8.03. The third-order valence-corrected chi connectivity index (χ3v) is 5.67. The normalized spacial score (nSPS) is 12.0. The van der Waals surface area contributed by atoms with Gasteiger partial charge in [0.2, 0.25) is 5.91 Å². The molecule has 0 fully saturated rings. The molecular formula is C28H31BrN2O3. The first kappa shape index (κ1) is 25.5. The number of benzene rings is 3. The summed E-state index contributed by atoms with van der Waals surface area (Å²) in [5, 5.41) is 3.06. The van der Waals surface area contributed by atoms with Crippen molar-refractivity contribution in [3.63, 3.8) is 0 Å². The fourth-order valence-corrected chi connectivity index (χ4v) is 3.80. The van der Waals surface area contributed by atoms with Crippen molar-refractivity contribution in [3.8, 4) is 5.75 Å². The van der Waals surface area contributed by atoms with Crippen LogP contribution in [-0.2, 0) is 22.6 Å². The van der Waals surface area contributed by atoms with E-state index in [1.807, 2.05) is 93.6 Å². The van der Waals surface area contributed by atoms with Crippen LogP contribution in [0.3, 0.4) is 0 Å². The lowest BCUT2D eigenvalue weighted by molar-refractivity contribution is -0.143. The van der Waals surface area contributed by atoms with E-state index < -0.39 is 11.6 Å². The Morgan fingerprint density at radius 1 is 0.882 bits per heavy atom. The number of nitrogens with zero attached hydrogens (tertiary/aromatic N) is 1. The average molecular weight is 523 g/mol. The molecule has 0 aliphatic heterocycles. The van der Waals surface area contributed by atoms with Crippen LogP contribution in [0.5, 0.6) is 5.75 Å². The number of halogens is 1. The van der Waals surface area contributed by atoms with Gasteiger partial charge in [0.05, 0.1) is 0 Å². The van der Waals surface area contributed by atoms with Crippen molar-refractivity contribution in [1.29, 1.82) is 0 Å². The van der Waals surface area contributed by atoms with E-state index in [0.717, 1.165) is 15.6 Å². The Hall–Kier alpha value is -3.12. The Morgan fingerprint density at radius 3 is 2.06 bits per heavy atom. The Kier molecular flexibility index (Phi) is 8.88. The third-order valence-electron chi connectivity index (χ3n) is 5.14. The number of hydrogen-bond donors (Lipinski definition) is 1. The fraction of sp³-hybridized carbons (Fsp3) is 0.286. The summed E-state index contributed by atoms with van der Waals surface area (Å²) in [4.78, 5) is 28.6. The van der Waals surface area contributed by atoms with Crippen LogP contribution in [0.25, 0.3) is 0 Å². The van der Waals surface area contributed by atoms with E-state index in [2.05, 4.69) is 21.2 Å². The van der Waals surface area contributed by atoms with Gasteiger partial charge in [-0.05, 0) is 56.2 Å². The second kappa shape index (κ2) is 11.8. The first-order valence-corrected chi connectivity index (χ1v) is 12.1. The van der Waals surface area contributed by atoms with Crippen molar-refractivity contribution in [2.75, 3.05) is 6.61 Å². The van der Waals surface area contributed by atoms with Crippen LogP contribution in [0.2, 0.25) is 0 Å². The zero-order chi connectivity index (χ0) is 24.6. The summed E-state index contributed by atoms with van der Waals surface area (Å²) in [6.07, 6.45) is 0.399. The molecule has 0 aliphatic rings. The van der Waals surface area contributed by atoms with Crippen LogP contribution in [0.15, 0.2) is 89.4 Å². The summed E-state index contributed by atoms with van der Waals surface area (Å²) in [6, 6.07) is 26.0. The molecule has 0 saturated heterocycles. The lowest BCUT2D eigenvalue weighted by Gasteiger charge is -2.33. The zero-order valence-electron chi connectivity index (χ0n) is 19.8. The van der Waals surface area contributed by atoms with Gasteiger partial charge in [-0.3, -0.25) is 9.59 Å². The molecule has 0 heterocycles. The van der Waals surface area contributed by atoms with Gasteiger partial charge in [0.15, 0.2) is 6.61 Å². The number of ether oxygens (including phenoxy) is 1. The van der Waals surface area contributed by atoms with Gasteiger partial charge in [-0.2, -0.15) is 0 Å². The van der Waals surface area contributed by atoms with Gasteiger partial charge < -0.3 is 15.0 Å². The van der Waals surface area contributed by atoms with Gasteiger partial charge >= 0.3 is 0 Å². The molecule has 0 radical (unpaired) electrons. The van der Waals surface area contributed by atoms with E-state index in [0.29, 0.717) is 18.7 Å². The van der Waals surface area contributed by atoms with Gasteiger partial charge in [0, 0.05) is 23.0 Å². The van der Waals surface area contributed by atoms with Crippen LogP contribution in [0.4, 0.5) is 0 Å². The molecule has 34 heavy (non-hydrogen) atoms. The summed E-state index contributed by atoms with van der Waals surface area (Å²) < 4.78 is 6.71. The highest BCUT2D eigenvalue weighted by atomic mass is 79.9.